The van der Waals surface area contributed by atoms with E-state index in [0.717, 1.165) is 71.1 Å². The minimum absolute atomic E-state index is 0.205. The Bertz CT molecular complexity index is 3990. The van der Waals surface area contributed by atoms with Gasteiger partial charge in [-0.15, -0.1) is 0 Å². The first-order valence-corrected chi connectivity index (χ1v) is 21.0. The fourth-order valence-corrected chi connectivity index (χ4v) is 11.0. The Hall–Kier alpha value is -8.38. The average molecular weight is 790 g/mol. The number of nitrogens with zero attached hydrogens (tertiary/aromatic N) is 5. The van der Waals surface area contributed by atoms with Crippen molar-refractivity contribution < 1.29 is 0 Å². The summed E-state index contributed by atoms with van der Waals surface area (Å²) < 4.78 is 6.77. The van der Waals surface area contributed by atoms with Gasteiger partial charge in [0.05, 0.1) is 56.6 Å². The summed E-state index contributed by atoms with van der Waals surface area (Å²) in [5.74, 6) is 0. The summed E-state index contributed by atoms with van der Waals surface area (Å²) in [5.41, 5.74) is 14.5. The van der Waals surface area contributed by atoms with Gasteiger partial charge in [-0.05, 0) is 93.7 Å². The predicted molar refractivity (Wildman–Crippen MR) is 256 cm³/mol. The van der Waals surface area contributed by atoms with E-state index in [2.05, 4.69) is 196 Å². The van der Waals surface area contributed by atoms with Crippen molar-refractivity contribution in [2.75, 3.05) is 0 Å². The highest BCUT2D eigenvalue weighted by atomic mass is 15.0. The van der Waals surface area contributed by atoms with Gasteiger partial charge in [-0.1, -0.05) is 129 Å². The van der Waals surface area contributed by atoms with Gasteiger partial charge in [-0.25, -0.2) is 4.85 Å². The summed E-state index contributed by atoms with van der Waals surface area (Å²) in [5, 5.41) is 20.4. The zero-order valence-electron chi connectivity index (χ0n) is 34.0. The molecule has 62 heavy (non-hydrogen) atoms. The van der Waals surface area contributed by atoms with E-state index in [1.54, 1.807) is 0 Å². The van der Waals surface area contributed by atoms with Crippen LogP contribution in [0.2, 0.25) is 0 Å². The molecule has 0 saturated heterocycles. The second-order valence-corrected chi connectivity index (χ2v) is 17.1. The molecule has 0 spiro atoms. The molecule has 0 N–H and O–H groups in total. The molecule has 9 aromatic carbocycles. The molecule has 3 heterocycles. The maximum absolute atomic E-state index is 11.2. The zero-order chi connectivity index (χ0) is 41.4. The van der Waals surface area contributed by atoms with Crippen LogP contribution in [-0.2, 0) is 5.41 Å². The van der Waals surface area contributed by atoms with E-state index in [9.17, 15) is 5.26 Å². The second-order valence-electron chi connectivity index (χ2n) is 17.1. The molecule has 12 aromatic rings. The molecular formula is C57H35N5. The number of hydrogen-bond acceptors (Lipinski definition) is 1. The summed E-state index contributed by atoms with van der Waals surface area (Å²) in [6, 6.07) is 64.9. The summed E-state index contributed by atoms with van der Waals surface area (Å²) in [6.45, 7) is 13.3. The summed E-state index contributed by atoms with van der Waals surface area (Å²) in [4.78, 5) is 4.22. The van der Waals surface area contributed by atoms with E-state index in [1.165, 1.54) is 33.0 Å². The Morgan fingerprint density at radius 2 is 1.06 bits per heavy atom. The molecule has 0 aliphatic heterocycles. The van der Waals surface area contributed by atoms with Gasteiger partial charge in [0.25, 0.3) is 0 Å². The van der Waals surface area contributed by atoms with Crippen LogP contribution in [-0.4, -0.2) is 13.7 Å². The van der Waals surface area contributed by atoms with Crippen molar-refractivity contribution in [2.24, 2.45) is 0 Å². The Kier molecular flexibility index (Phi) is 6.86. The molecule has 0 radical (unpaired) electrons. The van der Waals surface area contributed by atoms with Gasteiger partial charge in [0.1, 0.15) is 6.07 Å². The van der Waals surface area contributed by atoms with Crippen molar-refractivity contribution in [3.05, 3.63) is 204 Å². The lowest BCUT2D eigenvalue weighted by Crippen LogP contribution is -2.14. The Labute approximate surface area is 357 Å². The van der Waals surface area contributed by atoms with Gasteiger partial charge in [0, 0.05) is 43.4 Å². The summed E-state index contributed by atoms with van der Waals surface area (Å²) in [7, 11) is 0. The molecule has 0 saturated carbocycles. The highest BCUT2D eigenvalue weighted by Gasteiger charge is 2.37. The molecule has 0 bridgehead atoms. The van der Waals surface area contributed by atoms with Crippen molar-refractivity contribution in [3.63, 3.8) is 0 Å². The highest BCUT2D eigenvalue weighted by Crippen LogP contribution is 2.54. The van der Waals surface area contributed by atoms with Gasteiger partial charge < -0.3 is 13.7 Å². The molecule has 1 aliphatic carbocycles. The minimum atomic E-state index is -0.205. The third-order valence-electron chi connectivity index (χ3n) is 13.7. The number of hydrogen-bond donors (Lipinski definition) is 0. The molecule has 1 aliphatic rings. The molecule has 5 heteroatoms. The highest BCUT2D eigenvalue weighted by molar-refractivity contribution is 6.22. The van der Waals surface area contributed by atoms with Crippen LogP contribution in [0.1, 0.15) is 30.5 Å². The number of aromatic nitrogens is 3. The standard InChI is InChI=1S/C57H35N5/c1-57(2)43-20-10-6-18-40(43)55-44(57)26-29-51-56(55)42-31-36(60-46-21-11-7-16-38(46)39-17-8-12-22-47(39)60)25-28-49(42)61(51)52-32-45(59-3)53(30-35(52)33-58)62-48-23-13-9-19-41(48)54-37-15-5-4-14-34(37)24-27-50(54)62/h4-32H,1-2H3. The number of benzene rings is 9. The molecule has 5 nitrogen and oxygen atoms in total. The van der Waals surface area contributed by atoms with Gasteiger partial charge in [0.15, 0.2) is 0 Å². The molecule has 13 rings (SSSR count). The summed E-state index contributed by atoms with van der Waals surface area (Å²) in [6.07, 6.45) is 0. The fraction of sp³-hybridized carbons (Fsp3) is 0.0526. The second kappa shape index (κ2) is 12.3. The van der Waals surface area contributed by atoms with E-state index in [0.29, 0.717) is 22.6 Å². The third-order valence-corrected chi connectivity index (χ3v) is 13.7. The molecule has 0 fully saturated rings. The van der Waals surface area contributed by atoms with Crippen LogP contribution in [0.15, 0.2) is 176 Å². The minimum Gasteiger partial charge on any atom is -0.319 e. The SMILES string of the molecule is [C-]#[N+]c1cc(-n2c3ccc(-n4c5ccccc5c5ccccc54)cc3c3c4c(ccc32)C(C)(C)c2ccccc2-4)c(C#N)cc1-n1c2ccccc2c2c3ccccc3ccc21. The molecule has 288 valence electrons. The van der Waals surface area contributed by atoms with E-state index >= 15 is 0 Å². The van der Waals surface area contributed by atoms with Crippen molar-refractivity contribution in [3.8, 4) is 34.3 Å². The average Bonchev–Trinajstić information content (AvgIpc) is 4.02. The van der Waals surface area contributed by atoms with E-state index in [4.69, 9.17) is 6.57 Å². The lowest BCUT2D eigenvalue weighted by molar-refractivity contribution is 0.661. The predicted octanol–water partition coefficient (Wildman–Crippen LogP) is 14.9. The normalized spacial score (nSPS) is 13.1. The monoisotopic (exact) mass is 789 g/mol. The van der Waals surface area contributed by atoms with E-state index in [1.807, 2.05) is 18.2 Å². The topological polar surface area (TPSA) is 42.9 Å². The van der Waals surface area contributed by atoms with Gasteiger partial charge >= 0.3 is 0 Å². The van der Waals surface area contributed by atoms with Crippen LogP contribution in [0.25, 0.3) is 109 Å². The van der Waals surface area contributed by atoms with Crippen LogP contribution in [0, 0.1) is 17.9 Å². The molecule has 0 unspecified atom stereocenters. The van der Waals surface area contributed by atoms with Gasteiger partial charge in [-0.2, -0.15) is 5.26 Å². The van der Waals surface area contributed by atoms with Crippen LogP contribution in [0.4, 0.5) is 5.69 Å². The van der Waals surface area contributed by atoms with Crippen molar-refractivity contribution in [1.82, 2.24) is 13.7 Å². The van der Waals surface area contributed by atoms with Crippen molar-refractivity contribution >= 4 is 81.9 Å². The maximum Gasteiger partial charge on any atom is 0.212 e. The number of rotatable bonds is 3. The molecule has 0 atom stereocenters. The number of fused-ring (bicyclic) bond motifs is 15. The summed E-state index contributed by atoms with van der Waals surface area (Å²) >= 11 is 0. The Morgan fingerprint density at radius 1 is 0.484 bits per heavy atom. The smallest absolute Gasteiger partial charge is 0.212 e. The van der Waals surface area contributed by atoms with E-state index < -0.39 is 0 Å². The van der Waals surface area contributed by atoms with Crippen molar-refractivity contribution in [2.45, 2.75) is 19.3 Å². The van der Waals surface area contributed by atoms with Crippen LogP contribution in [0.5, 0.6) is 0 Å². The molecule has 3 aromatic heterocycles. The first kappa shape index (κ1) is 34.5. The Balaban J connectivity index is 1.13. The van der Waals surface area contributed by atoms with Crippen LogP contribution in [0.3, 0.4) is 0 Å². The zero-order valence-corrected chi connectivity index (χ0v) is 34.0. The van der Waals surface area contributed by atoms with Crippen LogP contribution >= 0.6 is 0 Å². The Morgan fingerprint density at radius 3 is 1.81 bits per heavy atom. The lowest BCUT2D eigenvalue weighted by atomic mass is 9.82. The largest absolute Gasteiger partial charge is 0.319 e. The first-order valence-electron chi connectivity index (χ1n) is 21.0. The van der Waals surface area contributed by atoms with Gasteiger partial charge in [0.2, 0.25) is 5.69 Å². The molecular weight excluding hydrogens is 755 g/mol. The molecule has 0 amide bonds. The maximum atomic E-state index is 11.2. The first-order chi connectivity index (χ1) is 30.5. The number of nitriles is 1. The van der Waals surface area contributed by atoms with Crippen LogP contribution < -0.4 is 0 Å². The lowest BCUT2D eigenvalue weighted by Gasteiger charge is -2.21. The van der Waals surface area contributed by atoms with E-state index in [-0.39, 0.29) is 5.41 Å². The quantitative estimate of drug-likeness (QED) is 0.164. The third kappa shape index (κ3) is 4.39. The van der Waals surface area contributed by atoms with Gasteiger partial charge in [-0.3, -0.25) is 0 Å². The fourth-order valence-electron chi connectivity index (χ4n) is 11.0. The van der Waals surface area contributed by atoms with Crippen molar-refractivity contribution in [1.29, 1.82) is 5.26 Å². The number of para-hydroxylation sites is 3.